The summed E-state index contributed by atoms with van der Waals surface area (Å²) in [7, 11) is 0. The highest BCUT2D eigenvalue weighted by Gasteiger charge is 2.39. The van der Waals surface area contributed by atoms with Gasteiger partial charge in [0.2, 0.25) is 5.91 Å². The highest BCUT2D eigenvalue weighted by atomic mass is 79.9. The lowest BCUT2D eigenvalue weighted by molar-refractivity contribution is -0.153. The van der Waals surface area contributed by atoms with E-state index in [4.69, 9.17) is 0 Å². The number of carbonyl (C=O) groups excluding carboxylic acids is 2. The van der Waals surface area contributed by atoms with Crippen LogP contribution in [0.1, 0.15) is 65.2 Å². The molecule has 0 bridgehead atoms. The Morgan fingerprint density at radius 2 is 1.60 bits per heavy atom. The lowest BCUT2D eigenvalue weighted by Crippen LogP contribution is -2.59. The van der Waals surface area contributed by atoms with Crippen LogP contribution in [0, 0.1) is 5.92 Å². The van der Waals surface area contributed by atoms with E-state index in [9.17, 15) is 19.5 Å². The van der Waals surface area contributed by atoms with Crippen LogP contribution in [-0.2, 0) is 21.4 Å². The normalized spacial score (nSPS) is 16.3. The van der Waals surface area contributed by atoms with E-state index in [1.54, 1.807) is 6.07 Å². The van der Waals surface area contributed by atoms with Gasteiger partial charge in [0.1, 0.15) is 6.04 Å². The summed E-state index contributed by atoms with van der Waals surface area (Å²) in [6.45, 7) is 8.46. The Morgan fingerprint density at radius 1 is 0.958 bits per heavy atom. The van der Waals surface area contributed by atoms with Crippen LogP contribution < -0.4 is 10.2 Å². The van der Waals surface area contributed by atoms with E-state index in [1.165, 1.54) is 21.8 Å². The van der Waals surface area contributed by atoms with E-state index in [-0.39, 0.29) is 36.7 Å². The zero-order valence-electron chi connectivity index (χ0n) is 27.4. The topological polar surface area (TPSA) is 116 Å². The molecule has 2 amide bonds. The Morgan fingerprint density at radius 3 is 2.19 bits per heavy atom. The zero-order valence-corrected chi connectivity index (χ0v) is 29.8. The minimum absolute atomic E-state index is 0.0917. The van der Waals surface area contributed by atoms with Crippen LogP contribution in [-0.4, -0.2) is 70.0 Å². The van der Waals surface area contributed by atoms with Crippen LogP contribution in [0.5, 0.6) is 0 Å². The van der Waals surface area contributed by atoms with Crippen molar-refractivity contribution in [1.82, 2.24) is 20.2 Å². The second-order valence-corrected chi connectivity index (χ2v) is 15.7. The molecular weight excluding hydrogens is 690 g/mol. The number of carboxylic acid groups (broad SMARTS) is 1. The number of hydrogen-bond acceptors (Lipinski definition) is 7. The van der Waals surface area contributed by atoms with Gasteiger partial charge in [-0.2, -0.15) is 0 Å². The fraction of sp³-hybridized carbons (Fsp3) is 0.378. The average Bonchev–Trinajstić information content (AvgIpc) is 3.56. The number of hydrogen-bond donors (Lipinski definition) is 2. The first-order chi connectivity index (χ1) is 22.9. The summed E-state index contributed by atoms with van der Waals surface area (Å²) in [5.74, 6) is -0.916. The van der Waals surface area contributed by atoms with Crippen molar-refractivity contribution >= 4 is 50.7 Å². The number of aromatic nitrogens is 2. The fourth-order valence-electron chi connectivity index (χ4n) is 6.19. The average molecular weight is 731 g/mol. The number of likely N-dealkylation sites (tertiary alicyclic amines) is 1. The molecule has 0 spiro atoms. The van der Waals surface area contributed by atoms with E-state index in [2.05, 4.69) is 81.2 Å². The predicted octanol–water partition coefficient (Wildman–Crippen LogP) is 6.53. The maximum atomic E-state index is 13.5. The van der Waals surface area contributed by atoms with Crippen LogP contribution in [0.4, 0.5) is 5.69 Å². The maximum absolute atomic E-state index is 13.5. The van der Waals surface area contributed by atoms with Gasteiger partial charge < -0.3 is 20.2 Å². The number of halogens is 1. The van der Waals surface area contributed by atoms with Crippen LogP contribution in [0.3, 0.4) is 0 Å². The number of aliphatic carboxylic acids is 1. The summed E-state index contributed by atoms with van der Waals surface area (Å²) >= 11 is 4.94. The van der Waals surface area contributed by atoms with Gasteiger partial charge in [0, 0.05) is 47.5 Å². The molecule has 0 aliphatic carbocycles. The van der Waals surface area contributed by atoms with Crippen molar-refractivity contribution in [3.8, 4) is 11.4 Å². The van der Waals surface area contributed by atoms with Gasteiger partial charge in [0.05, 0.1) is 28.9 Å². The van der Waals surface area contributed by atoms with E-state index in [1.807, 2.05) is 42.7 Å². The van der Waals surface area contributed by atoms with E-state index in [0.717, 1.165) is 52.1 Å². The standard InChI is InChI=1S/C37H40BrN5O4S/c1-37(2,3)32-13-12-31(48-32)34(44)41-30(35(45)43-21-27(22-43)36(46)47)18-23-4-6-26(7-5-23)33-39-19-29(20-40-33)42-16-14-25(15-17-42)24-8-10-28(38)11-9-24/h4-13,19-20,25,27,30H,14-18,21-22H2,1-3H3,(H,41,44)(H,46,47). The summed E-state index contributed by atoms with van der Waals surface area (Å²) in [5.41, 5.74) is 4.02. The Hall–Kier alpha value is -4.09. The Labute approximate surface area is 293 Å². The first-order valence-electron chi connectivity index (χ1n) is 16.3. The van der Waals surface area contributed by atoms with Gasteiger partial charge in [-0.1, -0.05) is 73.1 Å². The van der Waals surface area contributed by atoms with Crippen LogP contribution in [0.2, 0.25) is 0 Å². The maximum Gasteiger partial charge on any atom is 0.310 e. The number of carbonyl (C=O) groups is 3. The quantitative estimate of drug-likeness (QED) is 0.201. The van der Waals surface area contributed by atoms with Crippen molar-refractivity contribution in [3.63, 3.8) is 0 Å². The highest BCUT2D eigenvalue weighted by molar-refractivity contribution is 9.10. The van der Waals surface area contributed by atoms with Crippen LogP contribution in [0.25, 0.3) is 11.4 Å². The highest BCUT2D eigenvalue weighted by Crippen LogP contribution is 2.32. The lowest BCUT2D eigenvalue weighted by atomic mass is 9.89. The molecule has 4 aromatic rings. The third-order valence-electron chi connectivity index (χ3n) is 9.21. The molecule has 4 heterocycles. The van der Waals surface area contributed by atoms with Crippen LogP contribution >= 0.6 is 27.3 Å². The Balaban J connectivity index is 1.10. The van der Waals surface area contributed by atoms with E-state index in [0.29, 0.717) is 16.6 Å². The minimum Gasteiger partial charge on any atom is -0.481 e. The zero-order chi connectivity index (χ0) is 34.0. The summed E-state index contributed by atoms with van der Waals surface area (Å²) in [6, 6.07) is 19.2. The molecule has 0 radical (unpaired) electrons. The number of anilines is 1. The van der Waals surface area contributed by atoms with Crippen molar-refractivity contribution < 1.29 is 19.5 Å². The number of piperidine rings is 1. The van der Waals surface area contributed by atoms with Gasteiger partial charge in [-0.25, -0.2) is 9.97 Å². The molecule has 2 saturated heterocycles. The summed E-state index contributed by atoms with van der Waals surface area (Å²) in [6.07, 6.45) is 6.20. The SMILES string of the molecule is CC(C)(C)c1ccc(C(=O)NC(Cc2ccc(-c3ncc(N4CCC(c5ccc(Br)cc5)CC4)cn3)cc2)C(=O)N2CC(C(=O)O)C2)s1. The van der Waals surface area contributed by atoms with Crippen LogP contribution in [0.15, 0.2) is 77.5 Å². The molecule has 250 valence electrons. The second-order valence-electron chi connectivity index (χ2n) is 13.7. The third-order valence-corrected chi connectivity index (χ3v) is 11.2. The molecule has 48 heavy (non-hydrogen) atoms. The molecule has 11 heteroatoms. The summed E-state index contributed by atoms with van der Waals surface area (Å²) in [4.78, 5) is 52.9. The van der Waals surface area contributed by atoms with Gasteiger partial charge in [-0.3, -0.25) is 14.4 Å². The molecule has 2 aromatic carbocycles. The predicted molar refractivity (Wildman–Crippen MR) is 191 cm³/mol. The molecule has 2 aliphatic rings. The van der Waals surface area contributed by atoms with E-state index >= 15 is 0 Å². The van der Waals surface area contributed by atoms with Crippen molar-refractivity contribution in [1.29, 1.82) is 0 Å². The molecule has 1 unspecified atom stereocenters. The minimum atomic E-state index is -0.917. The molecular formula is C37H40BrN5O4S. The largest absolute Gasteiger partial charge is 0.481 e. The van der Waals surface area contributed by atoms with Crippen molar-refractivity contribution in [2.75, 3.05) is 31.1 Å². The molecule has 6 rings (SSSR count). The number of rotatable bonds is 9. The molecule has 9 nitrogen and oxygen atoms in total. The van der Waals surface area contributed by atoms with Crippen molar-refractivity contribution in [3.05, 3.63) is 98.4 Å². The summed E-state index contributed by atoms with van der Waals surface area (Å²) < 4.78 is 1.10. The van der Waals surface area contributed by atoms with Gasteiger partial charge in [0.15, 0.2) is 5.82 Å². The number of thiophene rings is 1. The smallest absolute Gasteiger partial charge is 0.310 e. The molecule has 2 aliphatic heterocycles. The lowest BCUT2D eigenvalue weighted by Gasteiger charge is -2.38. The molecule has 2 fully saturated rings. The number of nitrogens with one attached hydrogen (secondary N) is 1. The summed E-state index contributed by atoms with van der Waals surface area (Å²) in [5, 5.41) is 12.2. The first kappa shape index (κ1) is 33.8. The number of amides is 2. The monoisotopic (exact) mass is 729 g/mol. The molecule has 2 N–H and O–H groups in total. The van der Waals surface area contributed by atoms with E-state index < -0.39 is 17.9 Å². The Bertz CT molecular complexity index is 1760. The molecule has 2 aromatic heterocycles. The van der Waals surface area contributed by atoms with Crippen molar-refractivity contribution in [2.45, 2.75) is 57.4 Å². The second kappa shape index (κ2) is 14.2. The number of nitrogens with zero attached hydrogens (tertiary/aromatic N) is 4. The molecule has 1 atom stereocenters. The first-order valence-corrected chi connectivity index (χ1v) is 17.9. The Kier molecular flexibility index (Phi) is 9.98. The fourth-order valence-corrected chi connectivity index (χ4v) is 7.42. The van der Waals surface area contributed by atoms with Crippen molar-refractivity contribution in [2.24, 2.45) is 5.92 Å². The molecule has 0 saturated carbocycles. The van der Waals surface area contributed by atoms with Gasteiger partial charge in [0.25, 0.3) is 5.91 Å². The third kappa shape index (κ3) is 7.79. The van der Waals surface area contributed by atoms with Gasteiger partial charge in [-0.05, 0) is 59.6 Å². The number of carboxylic acids is 1. The number of benzene rings is 2. The van der Waals surface area contributed by atoms with Gasteiger partial charge in [-0.15, -0.1) is 11.3 Å². The van der Waals surface area contributed by atoms with Gasteiger partial charge >= 0.3 is 5.97 Å².